The van der Waals surface area contributed by atoms with Crippen LogP contribution in [-0.2, 0) is 0 Å². The lowest BCUT2D eigenvalue weighted by Crippen LogP contribution is -2.04. The molecule has 0 unspecified atom stereocenters. The van der Waals surface area contributed by atoms with E-state index in [1.165, 1.54) is 21.5 Å². The molecule has 0 spiro atoms. The number of nitriles is 2. The van der Waals surface area contributed by atoms with Gasteiger partial charge in [-0.2, -0.15) is 10.5 Å². The highest BCUT2D eigenvalue weighted by atomic mass is 15.1. The zero-order chi connectivity index (χ0) is 45.0. The summed E-state index contributed by atoms with van der Waals surface area (Å²) in [5.41, 5.74) is 13.6. The Morgan fingerprint density at radius 3 is 1.18 bits per heavy atom. The molecule has 0 aliphatic heterocycles. The van der Waals surface area contributed by atoms with E-state index in [0.29, 0.717) is 22.5 Å². The van der Waals surface area contributed by atoms with Crippen molar-refractivity contribution < 1.29 is 0 Å². The van der Waals surface area contributed by atoms with Gasteiger partial charge in [0.15, 0.2) is 0 Å². The molecule has 0 saturated heterocycles. The predicted octanol–water partition coefficient (Wildman–Crippen LogP) is 14.9. The van der Waals surface area contributed by atoms with Crippen LogP contribution in [0, 0.1) is 22.7 Å². The fourth-order valence-corrected chi connectivity index (χ4v) is 11.1. The second-order valence-electron chi connectivity index (χ2n) is 17.4. The number of pyridine rings is 1. The van der Waals surface area contributed by atoms with E-state index in [0.717, 1.165) is 88.3 Å². The maximum Gasteiger partial charge on any atom is 0.138 e. The van der Waals surface area contributed by atoms with Gasteiger partial charge >= 0.3 is 0 Å². The summed E-state index contributed by atoms with van der Waals surface area (Å²) in [5.74, 6) is 0.695. The first-order valence-electron chi connectivity index (χ1n) is 22.7. The fourth-order valence-electron chi connectivity index (χ4n) is 11.1. The molecule has 0 aliphatic carbocycles. The lowest BCUT2D eigenvalue weighted by Gasteiger charge is -2.17. The van der Waals surface area contributed by atoms with Crippen molar-refractivity contribution in [3.05, 3.63) is 224 Å². The van der Waals surface area contributed by atoms with E-state index < -0.39 is 0 Å². The van der Waals surface area contributed by atoms with Crippen LogP contribution >= 0.6 is 0 Å². The van der Waals surface area contributed by atoms with Crippen LogP contribution in [0.2, 0.25) is 0 Å². The van der Waals surface area contributed by atoms with Crippen molar-refractivity contribution in [1.82, 2.24) is 23.3 Å². The molecule has 0 N–H and O–H groups in total. The van der Waals surface area contributed by atoms with Gasteiger partial charge < -0.3 is 13.7 Å². The van der Waals surface area contributed by atoms with Crippen molar-refractivity contribution in [3.8, 4) is 46.1 Å². The van der Waals surface area contributed by atoms with Crippen LogP contribution in [0.5, 0.6) is 0 Å². The van der Waals surface area contributed by atoms with E-state index in [1.54, 1.807) is 6.07 Å². The molecule has 5 heterocycles. The first kappa shape index (κ1) is 37.7. The number of hydrogen-bond acceptors (Lipinski definition) is 3. The normalized spacial score (nSPS) is 11.8. The summed E-state index contributed by atoms with van der Waals surface area (Å²) in [6.45, 7) is 0. The minimum absolute atomic E-state index is 0.320. The Bertz CT molecular complexity index is 4440. The Balaban J connectivity index is 1.02. The molecule has 314 valence electrons. The van der Waals surface area contributed by atoms with Gasteiger partial charge in [-0.25, -0.2) is 4.98 Å². The molecule has 0 radical (unpaired) electrons. The minimum Gasteiger partial charge on any atom is -0.309 e. The monoisotopic (exact) mass is 865 g/mol. The van der Waals surface area contributed by atoms with E-state index >= 15 is 0 Å². The van der Waals surface area contributed by atoms with Crippen molar-refractivity contribution >= 4 is 87.2 Å². The van der Waals surface area contributed by atoms with Gasteiger partial charge in [-0.15, -0.1) is 0 Å². The second-order valence-corrected chi connectivity index (χ2v) is 17.4. The molecular weight excluding hydrogens is 831 g/mol. The van der Waals surface area contributed by atoms with Crippen LogP contribution in [0.1, 0.15) is 11.1 Å². The van der Waals surface area contributed by atoms with Gasteiger partial charge in [-0.1, -0.05) is 121 Å². The van der Waals surface area contributed by atoms with Gasteiger partial charge in [0.25, 0.3) is 0 Å². The van der Waals surface area contributed by atoms with Gasteiger partial charge in [0.1, 0.15) is 18.0 Å². The third kappa shape index (κ3) is 5.24. The molecule has 0 saturated carbocycles. The summed E-state index contributed by atoms with van der Waals surface area (Å²) in [6.07, 6.45) is 1.94. The molecule has 14 aromatic rings. The Kier molecular flexibility index (Phi) is 7.98. The quantitative estimate of drug-likeness (QED) is 0.173. The van der Waals surface area contributed by atoms with Gasteiger partial charge in [-0.3, -0.25) is 4.57 Å². The number of fused-ring (bicyclic) bond motifs is 12. The first-order chi connectivity index (χ1) is 33.7. The molecule has 9 aromatic carbocycles. The first-order valence-corrected chi connectivity index (χ1v) is 22.7. The van der Waals surface area contributed by atoms with Crippen molar-refractivity contribution in [2.75, 3.05) is 0 Å². The molecule has 0 bridgehead atoms. The molecule has 5 aromatic heterocycles. The number of rotatable bonds is 5. The highest BCUT2D eigenvalue weighted by Gasteiger charge is 2.23. The summed E-state index contributed by atoms with van der Waals surface area (Å²) in [7, 11) is 0. The van der Waals surface area contributed by atoms with Gasteiger partial charge in [-0.05, 0) is 84.9 Å². The van der Waals surface area contributed by atoms with E-state index in [-0.39, 0.29) is 0 Å². The van der Waals surface area contributed by atoms with Crippen LogP contribution in [0.4, 0.5) is 0 Å². The van der Waals surface area contributed by atoms with Crippen LogP contribution in [-0.4, -0.2) is 23.3 Å². The fraction of sp³-hybridized carbons (Fsp3) is 0. The van der Waals surface area contributed by atoms with E-state index in [4.69, 9.17) is 4.98 Å². The Morgan fingerprint density at radius 1 is 0.324 bits per heavy atom. The van der Waals surface area contributed by atoms with Crippen molar-refractivity contribution in [2.45, 2.75) is 0 Å². The lowest BCUT2D eigenvalue weighted by atomic mass is 9.96. The van der Waals surface area contributed by atoms with E-state index in [1.807, 2.05) is 18.3 Å². The van der Waals surface area contributed by atoms with Crippen molar-refractivity contribution in [3.63, 3.8) is 0 Å². The number of para-hydroxylation sites is 6. The molecule has 14 rings (SSSR count). The summed E-state index contributed by atoms with van der Waals surface area (Å²) in [5, 5.41) is 30.3. The predicted molar refractivity (Wildman–Crippen MR) is 276 cm³/mol. The average molecular weight is 866 g/mol. The standard InChI is InChI=1S/C61H35N7/c62-35-38-14-13-21-41(51(38)36-63)50-34-61(68-57-27-12-6-20-47(57)49-33-40(29-31-59(49)68)66-54-24-9-3-17-44(54)45-18-4-10-25-55(45)66)64-37-60(50)67-56-26-11-5-19-46(56)48-32-39(28-30-58(48)67)65-52-22-7-1-15-42(52)43-16-2-8-23-53(43)65/h1-34,37H. The molecule has 7 nitrogen and oxygen atoms in total. The molecule has 0 atom stereocenters. The van der Waals surface area contributed by atoms with Crippen molar-refractivity contribution in [2.24, 2.45) is 0 Å². The molecule has 0 fully saturated rings. The maximum atomic E-state index is 10.8. The second kappa shape index (κ2) is 14.4. The SMILES string of the molecule is N#Cc1cccc(-c2cc(-n3c4ccccc4c4cc(-n5c6ccccc6c6ccccc65)ccc43)ncc2-n2c3ccccc3c3cc(-n4c5ccccc5c5ccccc54)ccc32)c1C#N. The van der Waals surface area contributed by atoms with Crippen LogP contribution < -0.4 is 0 Å². The maximum absolute atomic E-state index is 10.8. The van der Waals surface area contributed by atoms with Crippen LogP contribution in [0.25, 0.3) is 121 Å². The summed E-state index contributed by atoms with van der Waals surface area (Å²) in [6, 6.07) is 76.9. The highest BCUT2D eigenvalue weighted by molar-refractivity contribution is 6.14. The highest BCUT2D eigenvalue weighted by Crippen LogP contribution is 2.42. The minimum atomic E-state index is 0.320. The zero-order valence-corrected chi connectivity index (χ0v) is 36.3. The van der Waals surface area contributed by atoms with E-state index in [9.17, 15) is 10.5 Å². The number of benzene rings is 9. The molecule has 0 aliphatic rings. The summed E-state index contributed by atoms with van der Waals surface area (Å²) in [4.78, 5) is 5.34. The number of aromatic nitrogens is 5. The number of nitrogens with zero attached hydrogens (tertiary/aromatic N) is 7. The molecule has 0 amide bonds. The largest absolute Gasteiger partial charge is 0.309 e. The van der Waals surface area contributed by atoms with Gasteiger partial charge in [0.2, 0.25) is 0 Å². The summed E-state index contributed by atoms with van der Waals surface area (Å²) < 4.78 is 9.18. The topological polar surface area (TPSA) is 80.2 Å². The Hall–Kier alpha value is -9.69. The average Bonchev–Trinajstić information content (AvgIpc) is 4.13. The van der Waals surface area contributed by atoms with Crippen molar-refractivity contribution in [1.29, 1.82) is 10.5 Å². The molecular formula is C61H35N7. The molecule has 7 heteroatoms. The summed E-state index contributed by atoms with van der Waals surface area (Å²) >= 11 is 0. The van der Waals surface area contributed by atoms with Gasteiger partial charge in [0, 0.05) is 65.6 Å². The third-order valence-corrected chi connectivity index (χ3v) is 13.9. The lowest BCUT2D eigenvalue weighted by molar-refractivity contribution is 1.05. The zero-order valence-electron chi connectivity index (χ0n) is 36.3. The van der Waals surface area contributed by atoms with Crippen LogP contribution in [0.15, 0.2) is 212 Å². The Labute approximate surface area is 389 Å². The molecule has 68 heavy (non-hydrogen) atoms. The van der Waals surface area contributed by atoms with Crippen LogP contribution in [0.3, 0.4) is 0 Å². The third-order valence-electron chi connectivity index (χ3n) is 13.9. The van der Waals surface area contributed by atoms with Gasteiger partial charge in [0.05, 0.1) is 67.1 Å². The smallest absolute Gasteiger partial charge is 0.138 e. The van der Waals surface area contributed by atoms with E-state index in [2.05, 4.69) is 218 Å². The Morgan fingerprint density at radius 2 is 0.721 bits per heavy atom. The number of hydrogen-bond donors (Lipinski definition) is 0.